The fourth-order valence-electron chi connectivity index (χ4n) is 4.90. The Morgan fingerprint density at radius 3 is 2.52 bits per heavy atom. The Bertz CT molecular complexity index is 729. The van der Waals surface area contributed by atoms with E-state index in [4.69, 9.17) is 0 Å². The largest absolute Gasteiger partial charge is 0.353 e. The standard InChI is InChI=1S/C22H31FN4O2/c23-19-6-2-1-5-17(19)16-27-14-9-24-22(29)20(27)15-21(28)26-12-7-18(8-13-26)25-10-3-4-11-25/h1-2,5-6,18,20H,3-4,7-16H2,(H,24,29). The van der Waals surface area contributed by atoms with Gasteiger partial charge in [-0.05, 0) is 44.8 Å². The number of halogens is 1. The highest BCUT2D eigenvalue weighted by Gasteiger charge is 2.35. The number of benzene rings is 1. The summed E-state index contributed by atoms with van der Waals surface area (Å²) >= 11 is 0. The van der Waals surface area contributed by atoms with Crippen LogP contribution in [0.25, 0.3) is 0 Å². The number of nitrogens with one attached hydrogen (secondary N) is 1. The summed E-state index contributed by atoms with van der Waals surface area (Å²) in [5.74, 6) is -0.370. The number of rotatable bonds is 5. The number of piperidine rings is 1. The van der Waals surface area contributed by atoms with Crippen LogP contribution in [0.2, 0.25) is 0 Å². The number of hydrogen-bond donors (Lipinski definition) is 1. The summed E-state index contributed by atoms with van der Waals surface area (Å²) in [6.07, 6.45) is 4.76. The molecule has 4 rings (SSSR count). The lowest BCUT2D eigenvalue weighted by Gasteiger charge is -2.39. The monoisotopic (exact) mass is 402 g/mol. The van der Waals surface area contributed by atoms with Crippen molar-refractivity contribution in [2.75, 3.05) is 39.3 Å². The molecule has 3 saturated heterocycles. The van der Waals surface area contributed by atoms with E-state index in [1.807, 2.05) is 9.80 Å². The molecular formula is C22H31FN4O2. The van der Waals surface area contributed by atoms with Crippen molar-refractivity contribution < 1.29 is 14.0 Å². The lowest BCUT2D eigenvalue weighted by Crippen LogP contribution is -2.56. The van der Waals surface area contributed by atoms with Crippen LogP contribution in [0.1, 0.15) is 37.7 Å². The van der Waals surface area contributed by atoms with Crippen LogP contribution in [0.15, 0.2) is 24.3 Å². The second-order valence-corrected chi connectivity index (χ2v) is 8.43. The normalized spacial score (nSPS) is 24.7. The Kier molecular flexibility index (Phi) is 6.45. The summed E-state index contributed by atoms with van der Waals surface area (Å²) in [5, 5.41) is 2.86. The minimum atomic E-state index is -0.535. The molecule has 0 radical (unpaired) electrons. The van der Waals surface area contributed by atoms with Crippen molar-refractivity contribution in [3.63, 3.8) is 0 Å². The van der Waals surface area contributed by atoms with E-state index in [-0.39, 0.29) is 24.1 Å². The van der Waals surface area contributed by atoms with Gasteiger partial charge < -0.3 is 15.1 Å². The Labute approximate surface area is 172 Å². The van der Waals surface area contributed by atoms with Crippen molar-refractivity contribution in [2.24, 2.45) is 0 Å². The first-order chi connectivity index (χ1) is 14.1. The quantitative estimate of drug-likeness (QED) is 0.813. The van der Waals surface area contributed by atoms with E-state index in [0.29, 0.717) is 31.2 Å². The molecular weight excluding hydrogens is 371 g/mol. The van der Waals surface area contributed by atoms with Gasteiger partial charge in [-0.3, -0.25) is 14.5 Å². The number of likely N-dealkylation sites (tertiary alicyclic amines) is 2. The maximum atomic E-state index is 14.1. The lowest BCUT2D eigenvalue weighted by atomic mass is 10.0. The van der Waals surface area contributed by atoms with Gasteiger partial charge in [-0.25, -0.2) is 4.39 Å². The zero-order valence-corrected chi connectivity index (χ0v) is 17.0. The predicted molar refractivity (Wildman–Crippen MR) is 109 cm³/mol. The Morgan fingerprint density at radius 2 is 1.79 bits per heavy atom. The number of hydrogen-bond acceptors (Lipinski definition) is 4. The fourth-order valence-corrected chi connectivity index (χ4v) is 4.90. The van der Waals surface area contributed by atoms with Gasteiger partial charge >= 0.3 is 0 Å². The molecule has 29 heavy (non-hydrogen) atoms. The molecule has 3 aliphatic heterocycles. The smallest absolute Gasteiger partial charge is 0.237 e. The van der Waals surface area contributed by atoms with E-state index in [2.05, 4.69) is 10.2 Å². The number of amides is 2. The summed E-state index contributed by atoms with van der Waals surface area (Å²) in [7, 11) is 0. The van der Waals surface area contributed by atoms with Gasteiger partial charge in [0.05, 0.1) is 12.5 Å². The third kappa shape index (κ3) is 4.78. The number of carbonyl (C=O) groups excluding carboxylic acids is 2. The maximum absolute atomic E-state index is 14.1. The summed E-state index contributed by atoms with van der Waals surface area (Å²) in [6, 6.07) is 6.69. The van der Waals surface area contributed by atoms with Crippen LogP contribution in [0.4, 0.5) is 4.39 Å². The van der Waals surface area contributed by atoms with Crippen LogP contribution < -0.4 is 5.32 Å². The van der Waals surface area contributed by atoms with E-state index in [0.717, 1.165) is 25.9 Å². The average molecular weight is 403 g/mol. The minimum absolute atomic E-state index is 0.0328. The van der Waals surface area contributed by atoms with E-state index in [9.17, 15) is 14.0 Å². The molecule has 7 heteroatoms. The molecule has 1 aromatic carbocycles. The summed E-state index contributed by atoms with van der Waals surface area (Å²) in [4.78, 5) is 31.8. The van der Waals surface area contributed by atoms with Crippen LogP contribution >= 0.6 is 0 Å². The molecule has 158 valence electrons. The van der Waals surface area contributed by atoms with Crippen molar-refractivity contribution in [2.45, 2.75) is 50.7 Å². The molecule has 1 atom stereocenters. The summed E-state index contributed by atoms with van der Waals surface area (Å²) < 4.78 is 14.1. The molecule has 1 unspecified atom stereocenters. The van der Waals surface area contributed by atoms with Gasteiger partial charge in [-0.2, -0.15) is 0 Å². The molecule has 3 fully saturated rings. The zero-order chi connectivity index (χ0) is 20.2. The molecule has 0 bridgehead atoms. The highest BCUT2D eigenvalue weighted by molar-refractivity contribution is 5.88. The summed E-state index contributed by atoms with van der Waals surface area (Å²) in [6.45, 7) is 5.39. The van der Waals surface area contributed by atoms with Crippen LogP contribution in [-0.4, -0.2) is 77.9 Å². The highest BCUT2D eigenvalue weighted by atomic mass is 19.1. The van der Waals surface area contributed by atoms with Crippen molar-refractivity contribution >= 4 is 11.8 Å². The first-order valence-electron chi connectivity index (χ1n) is 10.9. The Hall–Kier alpha value is -1.99. The predicted octanol–water partition coefficient (Wildman–Crippen LogP) is 1.60. The van der Waals surface area contributed by atoms with E-state index < -0.39 is 6.04 Å². The molecule has 0 aromatic heterocycles. The van der Waals surface area contributed by atoms with Gasteiger partial charge in [0.1, 0.15) is 5.82 Å². The first-order valence-corrected chi connectivity index (χ1v) is 10.9. The zero-order valence-electron chi connectivity index (χ0n) is 17.0. The van der Waals surface area contributed by atoms with Gasteiger partial charge in [0, 0.05) is 44.3 Å². The fraction of sp³-hybridized carbons (Fsp3) is 0.636. The van der Waals surface area contributed by atoms with Gasteiger partial charge in [0.25, 0.3) is 0 Å². The third-order valence-corrected chi connectivity index (χ3v) is 6.62. The topological polar surface area (TPSA) is 55.9 Å². The summed E-state index contributed by atoms with van der Waals surface area (Å²) in [5.41, 5.74) is 0.561. The molecule has 2 amide bonds. The van der Waals surface area contributed by atoms with Crippen LogP contribution in [0.3, 0.4) is 0 Å². The molecule has 3 heterocycles. The van der Waals surface area contributed by atoms with Gasteiger partial charge in [0.2, 0.25) is 11.8 Å². The molecule has 3 aliphatic rings. The van der Waals surface area contributed by atoms with Crippen molar-refractivity contribution in [1.82, 2.24) is 20.0 Å². The van der Waals surface area contributed by atoms with Gasteiger partial charge in [-0.15, -0.1) is 0 Å². The molecule has 1 aromatic rings. The molecule has 0 saturated carbocycles. The molecule has 1 N–H and O–H groups in total. The maximum Gasteiger partial charge on any atom is 0.237 e. The second kappa shape index (κ2) is 9.22. The number of carbonyl (C=O) groups is 2. The minimum Gasteiger partial charge on any atom is -0.353 e. The Morgan fingerprint density at radius 1 is 1.07 bits per heavy atom. The number of piperazine rings is 1. The SMILES string of the molecule is O=C1NCCN(Cc2ccccc2F)C1CC(=O)N1CCC(N2CCCC2)CC1. The Balaban J connectivity index is 1.35. The van der Waals surface area contributed by atoms with Crippen LogP contribution in [0, 0.1) is 5.82 Å². The average Bonchev–Trinajstić information content (AvgIpc) is 3.27. The van der Waals surface area contributed by atoms with Crippen molar-refractivity contribution in [3.8, 4) is 0 Å². The molecule has 6 nitrogen and oxygen atoms in total. The first kappa shape index (κ1) is 20.3. The molecule has 0 spiro atoms. The number of nitrogens with zero attached hydrogens (tertiary/aromatic N) is 3. The van der Waals surface area contributed by atoms with Crippen LogP contribution in [0.5, 0.6) is 0 Å². The molecule has 0 aliphatic carbocycles. The lowest BCUT2D eigenvalue weighted by molar-refractivity contribution is -0.140. The van der Waals surface area contributed by atoms with Crippen molar-refractivity contribution in [3.05, 3.63) is 35.6 Å². The third-order valence-electron chi connectivity index (χ3n) is 6.62. The van der Waals surface area contributed by atoms with Crippen LogP contribution in [-0.2, 0) is 16.1 Å². The highest BCUT2D eigenvalue weighted by Crippen LogP contribution is 2.23. The van der Waals surface area contributed by atoms with E-state index in [1.54, 1.807) is 18.2 Å². The van der Waals surface area contributed by atoms with E-state index in [1.165, 1.54) is 32.0 Å². The second-order valence-electron chi connectivity index (χ2n) is 8.43. The van der Waals surface area contributed by atoms with E-state index >= 15 is 0 Å². The van der Waals surface area contributed by atoms with Gasteiger partial charge in [-0.1, -0.05) is 18.2 Å². The van der Waals surface area contributed by atoms with Crippen molar-refractivity contribution in [1.29, 1.82) is 0 Å². The van der Waals surface area contributed by atoms with Gasteiger partial charge in [0.15, 0.2) is 0 Å².